The fourth-order valence-corrected chi connectivity index (χ4v) is 2.81. The number of amides is 1. The zero-order valence-corrected chi connectivity index (χ0v) is 15.3. The summed E-state index contributed by atoms with van der Waals surface area (Å²) in [4.78, 5) is 40.5. The number of esters is 1. The molecule has 3 rings (SSSR count). The minimum Gasteiger partial charge on any atom is -0.497 e. The first-order chi connectivity index (χ1) is 13.5. The molecule has 0 saturated carbocycles. The van der Waals surface area contributed by atoms with Crippen LogP contribution in [-0.2, 0) is 16.0 Å². The Kier molecular flexibility index (Phi) is 5.69. The quantitative estimate of drug-likeness (QED) is 0.511. The van der Waals surface area contributed by atoms with Crippen LogP contribution in [0, 0.1) is 0 Å². The number of carbonyl (C=O) groups is 2. The Hall–Kier alpha value is -3.68. The molecule has 0 aliphatic heterocycles. The molecule has 0 aliphatic carbocycles. The molecule has 8 heteroatoms. The minimum absolute atomic E-state index is 0.0535. The zero-order chi connectivity index (χ0) is 20.1. The van der Waals surface area contributed by atoms with Crippen molar-refractivity contribution < 1.29 is 23.5 Å². The highest BCUT2D eigenvalue weighted by Crippen LogP contribution is 2.23. The molecule has 0 radical (unpaired) electrons. The summed E-state index contributed by atoms with van der Waals surface area (Å²) in [5.41, 5.74) is 0.649. The summed E-state index contributed by atoms with van der Waals surface area (Å²) in [6, 6.07) is 8.40. The van der Waals surface area contributed by atoms with E-state index in [1.165, 1.54) is 44.8 Å². The van der Waals surface area contributed by atoms with Gasteiger partial charge in [0.2, 0.25) is 0 Å². The predicted molar refractivity (Wildman–Crippen MR) is 100 cm³/mol. The molecule has 1 amide bonds. The lowest BCUT2D eigenvalue weighted by Crippen LogP contribution is -2.43. The Bertz CT molecular complexity index is 1060. The van der Waals surface area contributed by atoms with Crippen LogP contribution in [0.15, 0.2) is 58.0 Å². The number of nitrogens with zero attached hydrogens (tertiary/aromatic N) is 1. The topological polar surface area (TPSA) is 108 Å². The first-order valence-corrected chi connectivity index (χ1v) is 8.41. The van der Waals surface area contributed by atoms with Crippen molar-refractivity contribution in [1.82, 2.24) is 10.3 Å². The highest BCUT2D eigenvalue weighted by atomic mass is 16.5. The third-order valence-corrected chi connectivity index (χ3v) is 4.19. The van der Waals surface area contributed by atoms with E-state index < -0.39 is 23.5 Å². The SMILES string of the molecule is COC(=O)[C@@H](Cc1cc(=O)oc2cc(OC)ccc12)NC(=O)c1ccncc1. The van der Waals surface area contributed by atoms with E-state index in [0.29, 0.717) is 27.8 Å². The molecule has 28 heavy (non-hydrogen) atoms. The average molecular weight is 382 g/mol. The summed E-state index contributed by atoms with van der Waals surface area (Å²) in [5, 5.41) is 3.27. The molecule has 1 N–H and O–H groups in total. The Balaban J connectivity index is 1.94. The number of carbonyl (C=O) groups excluding carboxylic acids is 2. The van der Waals surface area contributed by atoms with Crippen molar-refractivity contribution in [3.8, 4) is 5.75 Å². The van der Waals surface area contributed by atoms with E-state index >= 15 is 0 Å². The van der Waals surface area contributed by atoms with Crippen LogP contribution in [0.5, 0.6) is 5.75 Å². The van der Waals surface area contributed by atoms with E-state index in [1.807, 2.05) is 0 Å². The number of fused-ring (bicyclic) bond motifs is 1. The molecule has 0 saturated heterocycles. The lowest BCUT2D eigenvalue weighted by Gasteiger charge is -2.17. The molecule has 0 aliphatic rings. The number of benzene rings is 1. The van der Waals surface area contributed by atoms with Crippen molar-refractivity contribution in [3.05, 3.63) is 70.3 Å². The summed E-state index contributed by atoms with van der Waals surface area (Å²) < 4.78 is 15.2. The standard InChI is InChI=1S/C20H18N2O6/c1-26-14-3-4-15-13(10-18(23)28-17(15)11-14)9-16(20(25)27-2)22-19(24)12-5-7-21-8-6-12/h3-8,10-11,16H,9H2,1-2H3,(H,22,24)/t16-/m1/s1. The highest BCUT2D eigenvalue weighted by molar-refractivity contribution is 5.96. The number of rotatable bonds is 6. The number of pyridine rings is 1. The monoisotopic (exact) mass is 382 g/mol. The summed E-state index contributed by atoms with van der Waals surface area (Å²) in [6.45, 7) is 0. The summed E-state index contributed by atoms with van der Waals surface area (Å²) in [7, 11) is 2.74. The first kappa shape index (κ1) is 19.1. The fourth-order valence-electron chi connectivity index (χ4n) is 2.81. The highest BCUT2D eigenvalue weighted by Gasteiger charge is 2.24. The van der Waals surface area contributed by atoms with E-state index in [0.717, 1.165) is 0 Å². The van der Waals surface area contributed by atoms with Gasteiger partial charge in [0, 0.05) is 41.9 Å². The number of hydrogen-bond acceptors (Lipinski definition) is 7. The lowest BCUT2D eigenvalue weighted by atomic mass is 10.0. The van der Waals surface area contributed by atoms with E-state index in [2.05, 4.69) is 10.3 Å². The van der Waals surface area contributed by atoms with Crippen LogP contribution < -0.4 is 15.7 Å². The van der Waals surface area contributed by atoms with E-state index in [4.69, 9.17) is 13.9 Å². The van der Waals surface area contributed by atoms with Crippen LogP contribution >= 0.6 is 0 Å². The maximum absolute atomic E-state index is 12.4. The summed E-state index contributed by atoms with van der Waals surface area (Å²) in [5.74, 6) is -0.549. The summed E-state index contributed by atoms with van der Waals surface area (Å²) in [6.07, 6.45) is 3.01. The third kappa shape index (κ3) is 4.17. The molecule has 0 unspecified atom stereocenters. The van der Waals surface area contributed by atoms with Gasteiger partial charge in [-0.2, -0.15) is 0 Å². The maximum atomic E-state index is 12.4. The fraction of sp³-hybridized carbons (Fsp3) is 0.200. The first-order valence-electron chi connectivity index (χ1n) is 8.41. The molecule has 8 nitrogen and oxygen atoms in total. The average Bonchev–Trinajstić information content (AvgIpc) is 2.72. The number of hydrogen-bond donors (Lipinski definition) is 1. The molecular formula is C20H18N2O6. The Morgan fingerprint density at radius 3 is 2.57 bits per heavy atom. The number of nitrogens with one attached hydrogen (secondary N) is 1. The van der Waals surface area contributed by atoms with E-state index in [1.54, 1.807) is 18.2 Å². The van der Waals surface area contributed by atoms with Gasteiger partial charge in [-0.15, -0.1) is 0 Å². The van der Waals surface area contributed by atoms with Crippen LogP contribution in [0.1, 0.15) is 15.9 Å². The third-order valence-electron chi connectivity index (χ3n) is 4.19. The molecule has 144 valence electrons. The van der Waals surface area contributed by atoms with Crippen LogP contribution in [0.2, 0.25) is 0 Å². The molecule has 1 aromatic carbocycles. The van der Waals surface area contributed by atoms with Crippen molar-refractivity contribution in [1.29, 1.82) is 0 Å². The van der Waals surface area contributed by atoms with Gasteiger partial charge in [-0.1, -0.05) is 0 Å². The normalized spacial score (nSPS) is 11.6. The minimum atomic E-state index is -0.988. The number of aromatic nitrogens is 1. The van der Waals surface area contributed by atoms with Crippen LogP contribution in [0.4, 0.5) is 0 Å². The number of methoxy groups -OCH3 is 2. The van der Waals surface area contributed by atoms with Gasteiger partial charge in [0.25, 0.3) is 5.91 Å². The maximum Gasteiger partial charge on any atom is 0.336 e. The molecule has 0 fully saturated rings. The van der Waals surface area contributed by atoms with Gasteiger partial charge in [-0.25, -0.2) is 9.59 Å². The van der Waals surface area contributed by atoms with Crippen molar-refractivity contribution in [2.24, 2.45) is 0 Å². The molecule has 3 aromatic rings. The zero-order valence-electron chi connectivity index (χ0n) is 15.3. The summed E-state index contributed by atoms with van der Waals surface area (Å²) >= 11 is 0. The van der Waals surface area contributed by atoms with Crippen molar-refractivity contribution in [3.63, 3.8) is 0 Å². The Morgan fingerprint density at radius 2 is 1.89 bits per heavy atom. The van der Waals surface area contributed by atoms with Gasteiger partial charge < -0.3 is 19.2 Å². The second-order valence-electron chi connectivity index (χ2n) is 5.94. The Morgan fingerprint density at radius 1 is 1.14 bits per heavy atom. The second-order valence-corrected chi connectivity index (χ2v) is 5.94. The van der Waals surface area contributed by atoms with Crippen molar-refractivity contribution >= 4 is 22.8 Å². The van der Waals surface area contributed by atoms with Gasteiger partial charge in [0.1, 0.15) is 17.4 Å². The molecular weight excluding hydrogens is 364 g/mol. The van der Waals surface area contributed by atoms with Crippen molar-refractivity contribution in [2.75, 3.05) is 14.2 Å². The van der Waals surface area contributed by atoms with Gasteiger partial charge >= 0.3 is 11.6 Å². The smallest absolute Gasteiger partial charge is 0.336 e. The lowest BCUT2D eigenvalue weighted by molar-refractivity contribution is -0.142. The molecule has 0 spiro atoms. The van der Waals surface area contributed by atoms with E-state index in [-0.39, 0.29) is 6.42 Å². The van der Waals surface area contributed by atoms with Crippen LogP contribution in [0.25, 0.3) is 11.0 Å². The molecule has 0 bridgehead atoms. The molecule has 1 atom stereocenters. The molecule has 2 heterocycles. The van der Waals surface area contributed by atoms with Crippen molar-refractivity contribution in [2.45, 2.75) is 12.5 Å². The van der Waals surface area contributed by atoms with Gasteiger partial charge in [-0.05, 0) is 29.8 Å². The largest absolute Gasteiger partial charge is 0.497 e. The van der Waals surface area contributed by atoms with Gasteiger partial charge in [0.05, 0.1) is 14.2 Å². The van der Waals surface area contributed by atoms with Crippen LogP contribution in [-0.4, -0.2) is 37.1 Å². The predicted octanol–water partition coefficient (Wildman–Crippen LogP) is 1.71. The number of ether oxygens (including phenoxy) is 2. The Labute approximate surface area is 160 Å². The van der Waals surface area contributed by atoms with Crippen LogP contribution in [0.3, 0.4) is 0 Å². The van der Waals surface area contributed by atoms with E-state index in [9.17, 15) is 14.4 Å². The molecule has 2 aromatic heterocycles. The van der Waals surface area contributed by atoms with Gasteiger partial charge in [-0.3, -0.25) is 9.78 Å². The van der Waals surface area contributed by atoms with Gasteiger partial charge in [0.15, 0.2) is 0 Å². The second kappa shape index (κ2) is 8.34.